The highest BCUT2D eigenvalue weighted by atomic mass is 16.1. The third-order valence-corrected chi connectivity index (χ3v) is 2.65. The summed E-state index contributed by atoms with van der Waals surface area (Å²) in [6, 6.07) is 11.4. The van der Waals surface area contributed by atoms with E-state index in [0.717, 1.165) is 5.56 Å². The Bertz CT molecular complexity index is 636. The summed E-state index contributed by atoms with van der Waals surface area (Å²) in [5.41, 5.74) is 1.12. The minimum Gasteiger partial charge on any atom is -0.285 e. The Morgan fingerprint density at radius 2 is 1.84 bits per heavy atom. The lowest BCUT2D eigenvalue weighted by Gasteiger charge is -2.12. The Balaban J connectivity index is 2.55. The average molecular weight is 255 g/mol. The molecular formula is C15H17N3O. The van der Waals surface area contributed by atoms with Crippen LogP contribution in [0.15, 0.2) is 47.6 Å². The van der Waals surface area contributed by atoms with Crippen molar-refractivity contribution in [3.05, 3.63) is 48.0 Å². The Kier molecular flexibility index (Phi) is 3.60. The number of hydrogen-bond donors (Lipinski definition) is 1. The van der Waals surface area contributed by atoms with Crippen LogP contribution in [0.1, 0.15) is 20.8 Å². The van der Waals surface area contributed by atoms with Gasteiger partial charge in [-0.05, 0) is 6.07 Å². The Hall–Kier alpha value is -2.23. The van der Waals surface area contributed by atoms with Crippen LogP contribution < -0.4 is 5.36 Å². The monoisotopic (exact) mass is 255 g/mol. The topological polar surface area (TPSA) is 58.1 Å². The molecule has 4 nitrogen and oxygen atoms in total. The number of nitrogens with zero attached hydrogens (tertiary/aromatic N) is 2. The first-order valence-corrected chi connectivity index (χ1v) is 6.17. The Morgan fingerprint density at radius 1 is 1.16 bits per heavy atom. The molecule has 19 heavy (non-hydrogen) atoms. The van der Waals surface area contributed by atoms with Crippen molar-refractivity contribution in [1.29, 1.82) is 0 Å². The molecule has 0 bridgehead atoms. The second kappa shape index (κ2) is 5.18. The standard InChI is InChI=1S/C15H17N3O/c1-15(2,3)14(19)17-12-9-10-16-18-13(12)11-7-5-4-6-8-11/h4-10H,1-3H3,(H,16,17,19). The minimum absolute atomic E-state index is 0.155. The molecular weight excluding hydrogens is 238 g/mol. The highest BCUT2D eigenvalue weighted by Crippen LogP contribution is 2.15. The van der Waals surface area contributed by atoms with Crippen LogP contribution in [-0.2, 0) is 4.79 Å². The number of amides is 1. The van der Waals surface area contributed by atoms with Gasteiger partial charge in [0, 0.05) is 17.2 Å². The molecule has 1 heterocycles. The van der Waals surface area contributed by atoms with Crippen LogP contribution >= 0.6 is 0 Å². The van der Waals surface area contributed by atoms with Gasteiger partial charge in [-0.3, -0.25) is 9.89 Å². The molecule has 2 rings (SSSR count). The van der Waals surface area contributed by atoms with E-state index in [9.17, 15) is 4.79 Å². The predicted octanol–water partition coefficient (Wildman–Crippen LogP) is 2.55. The average Bonchev–Trinajstić information content (AvgIpc) is 2.39. The molecule has 4 heteroatoms. The van der Waals surface area contributed by atoms with Crippen molar-refractivity contribution in [3.8, 4) is 11.3 Å². The number of aromatic amines is 1. The number of rotatable bonds is 1. The van der Waals surface area contributed by atoms with Gasteiger partial charge in [-0.2, -0.15) is 5.10 Å². The second-order valence-corrected chi connectivity index (χ2v) is 5.34. The highest BCUT2D eigenvalue weighted by molar-refractivity contribution is 5.82. The van der Waals surface area contributed by atoms with Crippen LogP contribution in [0.5, 0.6) is 0 Å². The fourth-order valence-electron chi connectivity index (χ4n) is 1.53. The van der Waals surface area contributed by atoms with Gasteiger partial charge in [-0.15, -0.1) is 0 Å². The fraction of sp³-hybridized carbons (Fsp3) is 0.267. The molecule has 0 atom stereocenters. The summed E-state index contributed by atoms with van der Waals surface area (Å²) in [6.45, 7) is 5.55. The quantitative estimate of drug-likeness (QED) is 0.851. The van der Waals surface area contributed by atoms with Gasteiger partial charge in [0.2, 0.25) is 0 Å². The van der Waals surface area contributed by atoms with E-state index in [4.69, 9.17) is 0 Å². The largest absolute Gasteiger partial charge is 0.285 e. The maximum atomic E-state index is 12.0. The molecule has 0 unspecified atom stereocenters. The summed E-state index contributed by atoms with van der Waals surface area (Å²) in [5.74, 6) is -0.155. The van der Waals surface area contributed by atoms with Crippen molar-refractivity contribution in [2.45, 2.75) is 20.8 Å². The van der Waals surface area contributed by atoms with Gasteiger partial charge in [0.1, 0.15) is 5.69 Å². The number of hydrogen-bond acceptors (Lipinski definition) is 2. The zero-order valence-corrected chi connectivity index (χ0v) is 11.3. The lowest BCUT2D eigenvalue weighted by Crippen LogP contribution is -2.22. The van der Waals surface area contributed by atoms with Crippen LogP contribution in [-0.4, -0.2) is 16.1 Å². The van der Waals surface area contributed by atoms with Gasteiger partial charge < -0.3 is 0 Å². The van der Waals surface area contributed by atoms with Crippen LogP contribution in [0, 0.1) is 5.41 Å². The van der Waals surface area contributed by atoms with E-state index >= 15 is 0 Å². The summed E-state index contributed by atoms with van der Waals surface area (Å²) in [7, 11) is 0. The molecule has 0 fully saturated rings. The normalized spacial score (nSPS) is 12.5. The number of H-pyrrole nitrogens is 1. The summed E-state index contributed by atoms with van der Waals surface area (Å²) in [4.78, 5) is 16.2. The van der Waals surface area contributed by atoms with Gasteiger partial charge in [0.15, 0.2) is 0 Å². The molecule has 0 aliphatic carbocycles. The molecule has 2 aromatic rings. The molecule has 0 aliphatic heterocycles. The molecule has 0 saturated carbocycles. The first-order chi connectivity index (χ1) is 8.98. The summed E-state index contributed by atoms with van der Waals surface area (Å²) in [5, 5.41) is 7.59. The molecule has 1 amide bonds. The second-order valence-electron chi connectivity index (χ2n) is 5.34. The zero-order chi connectivity index (χ0) is 13.9. The maximum Gasteiger partial charge on any atom is 0.251 e. The lowest BCUT2D eigenvalue weighted by molar-refractivity contribution is -0.125. The number of nitrogens with one attached hydrogen (secondary N) is 1. The molecule has 0 spiro atoms. The molecule has 1 aromatic carbocycles. The molecule has 0 aliphatic rings. The van der Waals surface area contributed by atoms with Crippen molar-refractivity contribution < 1.29 is 4.79 Å². The molecule has 1 aromatic heterocycles. The minimum atomic E-state index is -0.493. The van der Waals surface area contributed by atoms with Gasteiger partial charge in [0.05, 0.1) is 5.36 Å². The van der Waals surface area contributed by atoms with Crippen LogP contribution in [0.3, 0.4) is 0 Å². The smallest absolute Gasteiger partial charge is 0.251 e. The van der Waals surface area contributed by atoms with E-state index in [0.29, 0.717) is 11.1 Å². The van der Waals surface area contributed by atoms with E-state index in [2.05, 4.69) is 15.2 Å². The van der Waals surface area contributed by atoms with Crippen LogP contribution in [0.2, 0.25) is 0 Å². The summed E-state index contributed by atoms with van der Waals surface area (Å²) in [6.07, 6.45) is 1.67. The van der Waals surface area contributed by atoms with E-state index < -0.39 is 5.41 Å². The Morgan fingerprint density at radius 3 is 2.47 bits per heavy atom. The zero-order valence-electron chi connectivity index (χ0n) is 11.3. The fourth-order valence-corrected chi connectivity index (χ4v) is 1.53. The van der Waals surface area contributed by atoms with Crippen LogP contribution in [0.4, 0.5) is 0 Å². The highest BCUT2D eigenvalue weighted by Gasteiger charge is 2.20. The van der Waals surface area contributed by atoms with Gasteiger partial charge in [-0.25, -0.2) is 4.99 Å². The molecule has 0 saturated heterocycles. The molecule has 1 N–H and O–H groups in total. The van der Waals surface area contributed by atoms with Gasteiger partial charge in [-0.1, -0.05) is 51.1 Å². The van der Waals surface area contributed by atoms with Gasteiger partial charge >= 0.3 is 0 Å². The third kappa shape index (κ3) is 3.16. The number of carbonyl (C=O) groups excluding carboxylic acids is 1. The Labute approximate surface area is 112 Å². The number of benzene rings is 1. The van der Waals surface area contributed by atoms with E-state index in [-0.39, 0.29) is 5.91 Å². The predicted molar refractivity (Wildman–Crippen MR) is 74.0 cm³/mol. The van der Waals surface area contributed by atoms with E-state index in [1.165, 1.54) is 0 Å². The lowest BCUT2D eigenvalue weighted by atomic mass is 9.96. The summed E-state index contributed by atoms with van der Waals surface area (Å²) >= 11 is 0. The van der Waals surface area contributed by atoms with E-state index in [1.54, 1.807) is 12.3 Å². The SMILES string of the molecule is CC(C)(C)C(=O)N=c1cc[nH]nc1-c1ccccc1. The first-order valence-electron chi connectivity index (χ1n) is 6.17. The van der Waals surface area contributed by atoms with Crippen molar-refractivity contribution in [2.75, 3.05) is 0 Å². The number of carbonyl (C=O) groups is 1. The van der Waals surface area contributed by atoms with Crippen molar-refractivity contribution in [2.24, 2.45) is 10.4 Å². The summed E-state index contributed by atoms with van der Waals surface area (Å²) < 4.78 is 0. The van der Waals surface area contributed by atoms with Gasteiger partial charge in [0.25, 0.3) is 5.91 Å². The van der Waals surface area contributed by atoms with Crippen molar-refractivity contribution in [3.63, 3.8) is 0 Å². The van der Waals surface area contributed by atoms with Crippen molar-refractivity contribution >= 4 is 5.91 Å². The first kappa shape index (κ1) is 13.2. The van der Waals surface area contributed by atoms with Crippen molar-refractivity contribution in [1.82, 2.24) is 10.2 Å². The third-order valence-electron chi connectivity index (χ3n) is 2.65. The maximum absolute atomic E-state index is 12.0. The molecule has 98 valence electrons. The van der Waals surface area contributed by atoms with E-state index in [1.807, 2.05) is 51.1 Å². The van der Waals surface area contributed by atoms with Crippen LogP contribution in [0.25, 0.3) is 11.3 Å². The number of aromatic nitrogens is 2. The molecule has 0 radical (unpaired) electrons.